The lowest BCUT2D eigenvalue weighted by atomic mass is 10.0. The minimum Gasteiger partial charge on any atom is -0.372 e. The molecule has 23 heteroatoms. The van der Waals surface area contributed by atoms with Gasteiger partial charge >= 0.3 is 0 Å². The van der Waals surface area contributed by atoms with Gasteiger partial charge in [-0.1, -0.05) is 74.5 Å². The van der Waals surface area contributed by atoms with Crippen LogP contribution in [0, 0.1) is 37.1 Å². The van der Waals surface area contributed by atoms with Crippen molar-refractivity contribution in [2.24, 2.45) is 0 Å². The van der Waals surface area contributed by atoms with Gasteiger partial charge in [0.2, 0.25) is 11.9 Å². The van der Waals surface area contributed by atoms with Gasteiger partial charge in [0, 0.05) is 91.1 Å². The van der Waals surface area contributed by atoms with Crippen molar-refractivity contribution in [2.75, 3.05) is 69.9 Å². The minimum atomic E-state index is -1.01. The van der Waals surface area contributed by atoms with Crippen molar-refractivity contribution >= 4 is 74.7 Å². The van der Waals surface area contributed by atoms with Crippen LogP contribution in [-0.2, 0) is 19.6 Å². The van der Waals surface area contributed by atoms with Gasteiger partial charge in [-0.3, -0.25) is 28.3 Å². The maximum absolute atomic E-state index is 13.7. The van der Waals surface area contributed by atoms with Crippen molar-refractivity contribution in [1.29, 1.82) is 0 Å². The van der Waals surface area contributed by atoms with Gasteiger partial charge in [0.1, 0.15) is 22.8 Å². The number of amides is 2. The van der Waals surface area contributed by atoms with Gasteiger partial charge in [-0.05, 0) is 174 Å². The van der Waals surface area contributed by atoms with Gasteiger partial charge in [-0.15, -0.1) is 0 Å². The molecule has 0 radical (unpaired) electrons. The lowest BCUT2D eigenvalue weighted by molar-refractivity contribution is 0.0947. The van der Waals surface area contributed by atoms with Crippen molar-refractivity contribution < 1.29 is 32.9 Å². The molecule has 1 saturated heterocycles. The molecule has 1 fully saturated rings. The average Bonchev–Trinajstić information content (AvgIpc) is 2.16. The van der Waals surface area contributed by atoms with Gasteiger partial charge in [0.05, 0.1) is 24.1 Å². The Hall–Kier alpha value is -10.8. The first-order chi connectivity index (χ1) is 45.8. The van der Waals surface area contributed by atoms with Crippen LogP contribution < -0.4 is 37.3 Å². The number of carbonyl (C=O) groups is 2. The summed E-state index contributed by atoms with van der Waals surface area (Å²) < 4.78 is 56.4. The first-order valence-corrected chi connectivity index (χ1v) is 31.0. The highest BCUT2D eigenvalue weighted by Gasteiger charge is 2.22. The Morgan fingerprint density at radius 1 is 0.558 bits per heavy atom. The normalized spacial score (nSPS) is 12.6. The SMILES string of the molecule is CC.Cc1ncc(C(=O)NC/C=C/c2ccc3nc(Nc4ccc(CN(C)C)cc4)ncc3c2)c(=O)n1Cc1ccc(F)c(F)c1.Cc1ncc(C(=O)NC/C=C/c2ccc3nc(Nc4ccc(N(C)C5CCN(C)CC5)cc4)ncc3c2)c(=O)n1Cc1ccc(F)c(F)c1.[HH].[HH].[HH].[HH]. The summed E-state index contributed by atoms with van der Waals surface area (Å²) >= 11 is 0. The summed E-state index contributed by atoms with van der Waals surface area (Å²) in [5.74, 6) is -3.48. The average molecular weight is 1300 g/mol. The van der Waals surface area contributed by atoms with Crippen molar-refractivity contribution in [3.8, 4) is 0 Å². The predicted molar refractivity (Wildman–Crippen MR) is 375 cm³/mol. The second-order valence-corrected chi connectivity index (χ2v) is 22.8. The molecule has 0 aliphatic carbocycles. The molecule has 4 N–H and O–H groups in total. The number of aryl methyl sites for hydroxylation is 2. The molecule has 2 amide bonds. The molecule has 19 nitrogen and oxygen atoms in total. The third-order valence-electron chi connectivity index (χ3n) is 15.7. The molecular weight excluding hydrogens is 1210 g/mol. The number of piperidine rings is 1. The Morgan fingerprint density at radius 2 is 0.989 bits per heavy atom. The second kappa shape index (κ2) is 32.2. The van der Waals surface area contributed by atoms with E-state index in [1.54, 1.807) is 38.4 Å². The number of halogens is 4. The van der Waals surface area contributed by atoms with E-state index in [1.165, 1.54) is 44.9 Å². The number of hydrogen-bond acceptors (Lipinski definition) is 15. The van der Waals surface area contributed by atoms with Crippen molar-refractivity contribution in [1.82, 2.24) is 59.5 Å². The number of hydrogen-bond donors (Lipinski definition) is 4. The smallest absolute Gasteiger partial charge is 0.266 e. The van der Waals surface area contributed by atoms with Crippen LogP contribution in [0.5, 0.6) is 0 Å². The summed E-state index contributed by atoms with van der Waals surface area (Å²) in [6.45, 7) is 10.5. The number of fused-ring (bicyclic) bond motifs is 2. The van der Waals surface area contributed by atoms with Gasteiger partial charge < -0.3 is 36.0 Å². The lowest BCUT2D eigenvalue weighted by Crippen LogP contribution is -2.41. The Kier molecular flexibility index (Phi) is 23.2. The summed E-state index contributed by atoms with van der Waals surface area (Å²) in [5, 5.41) is 13.7. The number of aromatic nitrogens is 8. The molecule has 5 heterocycles. The van der Waals surface area contributed by atoms with E-state index >= 15 is 0 Å². The molecule has 4 aromatic heterocycles. The molecule has 1 aliphatic heterocycles. The molecule has 11 rings (SSSR count). The van der Waals surface area contributed by atoms with E-state index in [2.05, 4.69) is 104 Å². The minimum absolute atomic E-state index is 0. The summed E-state index contributed by atoms with van der Waals surface area (Å²) in [4.78, 5) is 85.0. The maximum Gasteiger partial charge on any atom is 0.266 e. The fourth-order valence-corrected chi connectivity index (χ4v) is 10.5. The molecule has 0 unspecified atom stereocenters. The summed E-state index contributed by atoms with van der Waals surface area (Å²) in [6.07, 6.45) is 15.5. The third-order valence-corrected chi connectivity index (χ3v) is 15.7. The fraction of sp³-hybridized carbons (Fsp3) is 0.250. The van der Waals surface area contributed by atoms with Crippen LogP contribution in [0.2, 0.25) is 0 Å². The first kappa shape index (κ1) is 68.6. The maximum atomic E-state index is 13.7. The molecule has 1 aliphatic rings. The van der Waals surface area contributed by atoms with E-state index in [0.29, 0.717) is 40.7 Å². The van der Waals surface area contributed by atoms with Crippen LogP contribution in [0.15, 0.2) is 168 Å². The van der Waals surface area contributed by atoms with E-state index in [1.807, 2.05) is 101 Å². The first-order valence-electron chi connectivity index (χ1n) is 31.0. The highest BCUT2D eigenvalue weighted by molar-refractivity contribution is 5.94. The van der Waals surface area contributed by atoms with E-state index in [0.717, 1.165) is 101 Å². The fourth-order valence-electron chi connectivity index (χ4n) is 10.5. The second-order valence-electron chi connectivity index (χ2n) is 22.8. The van der Waals surface area contributed by atoms with Crippen LogP contribution in [0.1, 0.15) is 92.6 Å². The number of benzene rings is 6. The standard InChI is InChI=1S/C37H38F2N8O2.C33H31F2N7O2.C2H6.4H2/c1-24-41-22-31(36(49)47(24)23-26-6-12-32(38)33(39)20-26)35(48)40-16-4-5-25-7-13-34-27(19-25)21-42-37(44-34)43-28-8-10-29(11-9-28)46(3)30-14-17-45(2)18-15-30;1-21-37-18-27(32(44)42(21)20-24-8-12-28(34)29(35)16-24)31(43)36-14-4-5-22-9-13-30-25(15-22)17-38-33(40-30)39-26-10-6-23(7-11-26)19-41(2)3;1-2;;;;/h4-13,19-22,30H,14-18,23H2,1-3H3,(H,40,48)(H,42,43,44);4-13,15-18H,14,19-20H2,1-3H3,(H,36,43)(H,38,39,40);1-2H3;4*1H/b2*5-4+;;;;;. The highest BCUT2D eigenvalue weighted by atomic mass is 19.2. The number of carbonyl (C=O) groups excluding carboxylic acids is 2. The van der Waals surface area contributed by atoms with Gasteiger partial charge in [-0.2, -0.15) is 0 Å². The van der Waals surface area contributed by atoms with Crippen molar-refractivity contribution in [3.05, 3.63) is 253 Å². The number of likely N-dealkylation sites (tertiary alicyclic amines) is 1. The third kappa shape index (κ3) is 18.3. The van der Waals surface area contributed by atoms with Crippen LogP contribution in [0.3, 0.4) is 0 Å². The lowest BCUT2D eigenvalue weighted by Gasteiger charge is -2.36. The number of rotatable bonds is 20. The molecule has 498 valence electrons. The zero-order valence-electron chi connectivity index (χ0n) is 54.2. The summed E-state index contributed by atoms with van der Waals surface area (Å²) in [6, 6.07) is 35.3. The zero-order chi connectivity index (χ0) is 67.7. The van der Waals surface area contributed by atoms with Crippen LogP contribution in [-0.4, -0.2) is 121 Å². The summed E-state index contributed by atoms with van der Waals surface area (Å²) in [5.41, 5.74) is 6.85. The molecule has 0 atom stereocenters. The zero-order valence-corrected chi connectivity index (χ0v) is 54.2. The summed E-state index contributed by atoms with van der Waals surface area (Å²) in [7, 11) is 8.40. The molecular formula is C72H83F4N15O4. The molecule has 0 spiro atoms. The van der Waals surface area contributed by atoms with Crippen molar-refractivity contribution in [3.63, 3.8) is 0 Å². The Bertz CT molecular complexity index is 4560. The topological polar surface area (TPSA) is 213 Å². The van der Waals surface area contributed by atoms with E-state index < -0.39 is 46.2 Å². The van der Waals surface area contributed by atoms with Crippen LogP contribution in [0.25, 0.3) is 34.0 Å². The molecule has 6 aromatic carbocycles. The predicted octanol–water partition coefficient (Wildman–Crippen LogP) is 12.6. The molecule has 0 saturated carbocycles. The van der Waals surface area contributed by atoms with Gasteiger partial charge in [0.25, 0.3) is 22.9 Å². The Labute approximate surface area is 553 Å². The quantitative estimate of drug-likeness (QED) is 0.0523. The Morgan fingerprint density at radius 3 is 1.42 bits per heavy atom. The van der Waals surface area contributed by atoms with E-state index in [4.69, 9.17) is 0 Å². The molecule has 0 bridgehead atoms. The highest BCUT2D eigenvalue weighted by Crippen LogP contribution is 2.26. The van der Waals surface area contributed by atoms with E-state index in [9.17, 15) is 36.7 Å². The van der Waals surface area contributed by atoms with Crippen molar-refractivity contribution in [2.45, 2.75) is 66.2 Å². The molecule has 95 heavy (non-hydrogen) atoms. The largest absolute Gasteiger partial charge is 0.372 e. The molecule has 10 aromatic rings. The van der Waals surface area contributed by atoms with Crippen LogP contribution >= 0.6 is 0 Å². The van der Waals surface area contributed by atoms with Gasteiger partial charge in [-0.25, -0.2) is 47.5 Å². The number of anilines is 5. The van der Waals surface area contributed by atoms with Crippen LogP contribution in [0.4, 0.5) is 46.5 Å². The number of nitrogens with zero attached hydrogens (tertiary/aromatic N) is 11. The van der Waals surface area contributed by atoms with E-state index in [-0.39, 0.29) is 43.0 Å². The Balaban J connectivity index is 0.000000337. The number of nitrogens with one attached hydrogen (secondary N) is 4. The monoisotopic (exact) mass is 1300 g/mol. The van der Waals surface area contributed by atoms with Gasteiger partial charge in [0.15, 0.2) is 23.3 Å².